The van der Waals surface area contributed by atoms with Crippen molar-refractivity contribution in [3.63, 3.8) is 0 Å². The summed E-state index contributed by atoms with van der Waals surface area (Å²) in [5.41, 5.74) is -0.718. The third-order valence-electron chi connectivity index (χ3n) is 5.93. The number of piperidine rings is 1. The number of halogens is 3. The van der Waals surface area contributed by atoms with E-state index >= 15 is 0 Å². The summed E-state index contributed by atoms with van der Waals surface area (Å²) in [6.07, 6.45) is -2.03. The molecule has 2 rings (SSSR count). The van der Waals surface area contributed by atoms with Crippen molar-refractivity contribution in [3.05, 3.63) is 29.8 Å². The lowest BCUT2D eigenvalue weighted by molar-refractivity contribution is -0.137. The van der Waals surface area contributed by atoms with Crippen molar-refractivity contribution >= 4 is 17.6 Å². The van der Waals surface area contributed by atoms with Gasteiger partial charge in [0.1, 0.15) is 0 Å². The molecule has 1 aliphatic heterocycles. The molecule has 180 valence electrons. The molecule has 1 fully saturated rings. The summed E-state index contributed by atoms with van der Waals surface area (Å²) in [6, 6.07) is 3.86. The van der Waals surface area contributed by atoms with Crippen LogP contribution in [0.25, 0.3) is 0 Å². The zero-order valence-electron chi connectivity index (χ0n) is 18.9. The van der Waals surface area contributed by atoms with Crippen LogP contribution in [0, 0.1) is 17.8 Å². The van der Waals surface area contributed by atoms with Crippen LogP contribution in [0.3, 0.4) is 0 Å². The molecule has 6 nitrogen and oxygen atoms in total. The van der Waals surface area contributed by atoms with Crippen LogP contribution in [0.2, 0.25) is 0 Å². The fourth-order valence-electron chi connectivity index (χ4n) is 4.25. The normalized spacial score (nSPS) is 20.2. The van der Waals surface area contributed by atoms with E-state index in [9.17, 15) is 27.9 Å². The van der Waals surface area contributed by atoms with E-state index in [1.807, 2.05) is 20.8 Å². The Bertz CT molecular complexity index is 770. The Morgan fingerprint density at radius 2 is 1.97 bits per heavy atom. The topological polar surface area (TPSA) is 81.7 Å². The van der Waals surface area contributed by atoms with Crippen LogP contribution in [0.5, 0.6) is 0 Å². The number of carbonyl (C=O) groups is 2. The molecule has 0 aliphatic carbocycles. The maximum absolute atomic E-state index is 12.9. The Morgan fingerprint density at radius 1 is 1.25 bits per heavy atom. The van der Waals surface area contributed by atoms with E-state index in [-0.39, 0.29) is 36.1 Å². The lowest BCUT2D eigenvalue weighted by atomic mass is 9.81. The van der Waals surface area contributed by atoms with Gasteiger partial charge >= 0.3 is 12.2 Å². The van der Waals surface area contributed by atoms with Gasteiger partial charge in [0.15, 0.2) is 0 Å². The molecule has 0 radical (unpaired) electrons. The highest BCUT2D eigenvalue weighted by Crippen LogP contribution is 2.32. The van der Waals surface area contributed by atoms with Gasteiger partial charge < -0.3 is 20.6 Å². The number of alkyl halides is 3. The molecular formula is C23H34F3N3O3. The number of benzene rings is 1. The smallest absolute Gasteiger partial charge is 0.394 e. The molecule has 1 aromatic rings. The van der Waals surface area contributed by atoms with Crippen LogP contribution in [0.4, 0.5) is 23.7 Å². The van der Waals surface area contributed by atoms with Crippen molar-refractivity contribution in [1.82, 2.24) is 10.2 Å². The number of amides is 3. The molecule has 0 unspecified atom stereocenters. The highest BCUT2D eigenvalue weighted by atomic mass is 19.4. The predicted molar refractivity (Wildman–Crippen MR) is 117 cm³/mol. The van der Waals surface area contributed by atoms with E-state index in [4.69, 9.17) is 0 Å². The van der Waals surface area contributed by atoms with Crippen LogP contribution < -0.4 is 10.6 Å². The van der Waals surface area contributed by atoms with Gasteiger partial charge in [0.2, 0.25) is 5.91 Å². The molecule has 1 heterocycles. The molecular weight excluding hydrogens is 423 g/mol. The Balaban J connectivity index is 1.92. The second kappa shape index (κ2) is 11.5. The Hall–Kier alpha value is -2.29. The minimum atomic E-state index is -4.48. The van der Waals surface area contributed by atoms with Crippen molar-refractivity contribution in [1.29, 1.82) is 0 Å². The molecule has 1 aromatic carbocycles. The lowest BCUT2D eigenvalue weighted by Gasteiger charge is -2.38. The fraction of sp³-hybridized carbons (Fsp3) is 0.652. The highest BCUT2D eigenvalue weighted by Gasteiger charge is 2.33. The van der Waals surface area contributed by atoms with E-state index in [1.54, 1.807) is 4.90 Å². The number of nitrogens with zero attached hydrogens (tertiary/aromatic N) is 1. The predicted octanol–water partition coefficient (Wildman–Crippen LogP) is 4.50. The average Bonchev–Trinajstić information content (AvgIpc) is 2.72. The minimum absolute atomic E-state index is 0.0968. The van der Waals surface area contributed by atoms with Gasteiger partial charge in [-0.3, -0.25) is 4.79 Å². The molecule has 32 heavy (non-hydrogen) atoms. The number of hydrogen-bond acceptors (Lipinski definition) is 3. The van der Waals surface area contributed by atoms with Crippen molar-refractivity contribution in [2.75, 3.05) is 25.0 Å². The number of urea groups is 1. The van der Waals surface area contributed by atoms with Crippen LogP contribution in [0.15, 0.2) is 24.3 Å². The van der Waals surface area contributed by atoms with Crippen LogP contribution in [-0.4, -0.2) is 47.7 Å². The summed E-state index contributed by atoms with van der Waals surface area (Å²) in [4.78, 5) is 26.7. The van der Waals surface area contributed by atoms with Gasteiger partial charge in [-0.2, -0.15) is 13.2 Å². The summed E-state index contributed by atoms with van der Waals surface area (Å²) in [5, 5.41) is 14.9. The third kappa shape index (κ3) is 7.69. The van der Waals surface area contributed by atoms with E-state index in [0.29, 0.717) is 38.3 Å². The van der Waals surface area contributed by atoms with Gasteiger partial charge in [0.25, 0.3) is 0 Å². The van der Waals surface area contributed by atoms with E-state index in [0.717, 1.165) is 18.6 Å². The molecule has 0 spiro atoms. The van der Waals surface area contributed by atoms with Gasteiger partial charge in [-0.05, 0) is 48.8 Å². The molecule has 0 aromatic heterocycles. The monoisotopic (exact) mass is 457 g/mol. The number of anilines is 1. The van der Waals surface area contributed by atoms with Crippen LogP contribution >= 0.6 is 0 Å². The van der Waals surface area contributed by atoms with Gasteiger partial charge in [-0.25, -0.2) is 4.79 Å². The van der Waals surface area contributed by atoms with E-state index in [1.165, 1.54) is 12.1 Å². The second-order valence-electron chi connectivity index (χ2n) is 8.95. The molecule has 1 saturated heterocycles. The zero-order chi connectivity index (χ0) is 23.9. The summed E-state index contributed by atoms with van der Waals surface area (Å²) >= 11 is 0. The Kier molecular flexibility index (Phi) is 9.36. The summed E-state index contributed by atoms with van der Waals surface area (Å²) < 4.78 is 38.7. The first-order valence-corrected chi connectivity index (χ1v) is 11.2. The van der Waals surface area contributed by atoms with E-state index in [2.05, 4.69) is 10.6 Å². The minimum Gasteiger partial charge on any atom is -0.394 e. The number of aliphatic hydroxyl groups excluding tert-OH is 1. The van der Waals surface area contributed by atoms with Crippen LogP contribution in [-0.2, 0) is 11.0 Å². The molecule has 9 heteroatoms. The first kappa shape index (κ1) is 26.0. The first-order chi connectivity index (χ1) is 15.0. The zero-order valence-corrected chi connectivity index (χ0v) is 18.9. The number of carbonyl (C=O) groups excluding carboxylic acids is 2. The number of nitrogens with one attached hydrogen (secondary N) is 2. The first-order valence-electron chi connectivity index (χ1n) is 11.2. The molecule has 3 amide bonds. The number of likely N-dealkylation sites (tertiary alicyclic amines) is 1. The van der Waals surface area contributed by atoms with Crippen molar-refractivity contribution in [2.24, 2.45) is 17.8 Å². The largest absolute Gasteiger partial charge is 0.416 e. The Morgan fingerprint density at radius 3 is 2.56 bits per heavy atom. The van der Waals surface area contributed by atoms with Gasteiger partial charge in [-0.1, -0.05) is 33.3 Å². The molecule has 0 saturated carbocycles. The molecule has 1 aliphatic rings. The maximum Gasteiger partial charge on any atom is 0.416 e. The molecule has 3 N–H and O–H groups in total. The fourth-order valence-corrected chi connectivity index (χ4v) is 4.25. The van der Waals surface area contributed by atoms with E-state index < -0.39 is 17.8 Å². The van der Waals surface area contributed by atoms with Gasteiger partial charge in [0.05, 0.1) is 18.2 Å². The lowest BCUT2D eigenvalue weighted by Crippen LogP contribution is -2.47. The quantitative estimate of drug-likeness (QED) is 0.538. The number of rotatable bonds is 8. The van der Waals surface area contributed by atoms with Crippen molar-refractivity contribution in [2.45, 2.75) is 58.7 Å². The number of hydrogen-bond donors (Lipinski definition) is 3. The summed E-state index contributed by atoms with van der Waals surface area (Å²) in [5.74, 6) is 0.472. The van der Waals surface area contributed by atoms with Gasteiger partial charge in [-0.15, -0.1) is 0 Å². The average molecular weight is 458 g/mol. The standard InChI is InChI=1S/C23H34F3N3O3/c1-4-16-13-29(22(32)28-19-7-5-6-18(12-19)23(24,25)26)9-8-17(16)11-21(31)27-20(14-30)10-15(2)3/h5-7,12,15-17,20,30H,4,8-11,13-14H2,1-3H3,(H,27,31)(H,28,32)/t16-,17-,20+/m0/s1. The maximum atomic E-state index is 12.9. The Labute approximate surface area is 187 Å². The molecule has 3 atom stereocenters. The third-order valence-corrected chi connectivity index (χ3v) is 5.93. The summed E-state index contributed by atoms with van der Waals surface area (Å²) in [6.45, 7) is 6.82. The van der Waals surface area contributed by atoms with Crippen LogP contribution in [0.1, 0.15) is 52.0 Å². The highest BCUT2D eigenvalue weighted by molar-refractivity contribution is 5.89. The van der Waals surface area contributed by atoms with Gasteiger partial charge in [0, 0.05) is 25.2 Å². The van der Waals surface area contributed by atoms with Crippen molar-refractivity contribution in [3.8, 4) is 0 Å². The van der Waals surface area contributed by atoms with Crippen molar-refractivity contribution < 1.29 is 27.9 Å². The second-order valence-corrected chi connectivity index (χ2v) is 8.95. The summed E-state index contributed by atoms with van der Waals surface area (Å²) in [7, 11) is 0. The molecule has 0 bridgehead atoms. The number of aliphatic hydroxyl groups is 1. The SMILES string of the molecule is CC[C@H]1CN(C(=O)Nc2cccc(C(F)(F)F)c2)CC[C@H]1CC(=O)N[C@@H](CO)CC(C)C.